The molecule has 4 heterocycles. The molecule has 3 aromatic heterocycles. The van der Waals surface area contributed by atoms with E-state index in [-0.39, 0.29) is 0 Å². The Hall–Kier alpha value is -4.71. The normalized spacial score (nSPS) is 13.1. The summed E-state index contributed by atoms with van der Waals surface area (Å²) in [7, 11) is 0. The van der Waals surface area contributed by atoms with Crippen molar-refractivity contribution in [3.05, 3.63) is 84.2 Å². The third-order valence-corrected chi connectivity index (χ3v) is 8.14. The highest BCUT2D eigenvalue weighted by Crippen LogP contribution is 2.43. The van der Waals surface area contributed by atoms with Gasteiger partial charge >= 0.3 is 0 Å². The Morgan fingerprint density at radius 1 is 0.725 bits per heavy atom. The number of rotatable bonds is 3. The summed E-state index contributed by atoms with van der Waals surface area (Å²) in [4.78, 5) is 21.7. The quantitative estimate of drug-likeness (QED) is 0.227. The van der Waals surface area contributed by atoms with Crippen molar-refractivity contribution in [3.8, 4) is 28.1 Å². The summed E-state index contributed by atoms with van der Waals surface area (Å²) in [5.74, 6) is 3.57. The second-order valence-electron chi connectivity index (χ2n) is 11.4. The summed E-state index contributed by atoms with van der Waals surface area (Å²) in [5, 5.41) is 5.59. The number of benzene rings is 4. The van der Waals surface area contributed by atoms with Gasteiger partial charge in [0.25, 0.3) is 0 Å². The molecule has 40 heavy (non-hydrogen) atoms. The van der Waals surface area contributed by atoms with E-state index in [4.69, 9.17) is 19.7 Å². The van der Waals surface area contributed by atoms with Gasteiger partial charge in [-0.1, -0.05) is 58.0 Å². The van der Waals surface area contributed by atoms with Crippen LogP contribution in [0.2, 0.25) is 0 Å². The van der Waals surface area contributed by atoms with Gasteiger partial charge in [-0.05, 0) is 46.8 Å². The lowest BCUT2D eigenvalue weighted by Crippen LogP contribution is -2.05. The minimum Gasteiger partial charge on any atom is -0.486 e. The van der Waals surface area contributed by atoms with E-state index in [0.717, 1.165) is 89.0 Å². The van der Waals surface area contributed by atoms with Gasteiger partial charge in [-0.15, -0.1) is 0 Å². The Morgan fingerprint density at radius 2 is 1.50 bits per heavy atom. The van der Waals surface area contributed by atoms with Crippen molar-refractivity contribution >= 4 is 43.5 Å². The van der Waals surface area contributed by atoms with Crippen molar-refractivity contribution in [3.63, 3.8) is 0 Å². The van der Waals surface area contributed by atoms with Crippen molar-refractivity contribution in [1.29, 1.82) is 0 Å². The zero-order valence-electron chi connectivity index (χ0n) is 23.0. The maximum absolute atomic E-state index is 6.28. The number of ether oxygens (including phenoxy) is 1. The van der Waals surface area contributed by atoms with Gasteiger partial charge in [-0.2, -0.15) is 0 Å². The first-order valence-corrected chi connectivity index (χ1v) is 14.0. The van der Waals surface area contributed by atoms with Gasteiger partial charge in [0.15, 0.2) is 0 Å². The highest BCUT2D eigenvalue weighted by atomic mass is 16.5. The van der Waals surface area contributed by atoms with Gasteiger partial charge in [0.1, 0.15) is 24.0 Å². The molecule has 0 radical (unpaired) electrons. The number of fused-ring (bicyclic) bond motifs is 11. The molecule has 0 spiro atoms. The molecule has 0 amide bonds. The van der Waals surface area contributed by atoms with Crippen LogP contribution < -0.4 is 4.74 Å². The average molecular weight is 524 g/mol. The van der Waals surface area contributed by atoms with E-state index in [1.807, 2.05) is 12.3 Å². The van der Waals surface area contributed by atoms with Crippen molar-refractivity contribution in [2.45, 2.75) is 46.1 Å². The SMILES string of the molecule is CC(C)c1nc2c([nH]1)COc1c-2ccc2cc(-c3ccc4c(c3)c3ncccc3c3nc(C(C)C)[nH]c43)ccc12. The second-order valence-corrected chi connectivity index (χ2v) is 11.4. The summed E-state index contributed by atoms with van der Waals surface area (Å²) < 4.78 is 6.28. The first kappa shape index (κ1) is 23.2. The van der Waals surface area contributed by atoms with Crippen molar-refractivity contribution in [1.82, 2.24) is 24.9 Å². The van der Waals surface area contributed by atoms with E-state index >= 15 is 0 Å². The van der Waals surface area contributed by atoms with Crippen LogP contribution in [0.4, 0.5) is 0 Å². The third-order valence-electron chi connectivity index (χ3n) is 8.14. The number of hydrogen-bond donors (Lipinski definition) is 2. The molecule has 1 aliphatic rings. The highest BCUT2D eigenvalue weighted by Gasteiger charge is 2.24. The Morgan fingerprint density at radius 3 is 2.33 bits per heavy atom. The molecule has 6 heteroatoms. The van der Waals surface area contributed by atoms with Crippen LogP contribution in [-0.4, -0.2) is 24.9 Å². The minimum absolute atomic E-state index is 0.317. The summed E-state index contributed by atoms with van der Waals surface area (Å²) in [6, 6.07) is 21.7. The van der Waals surface area contributed by atoms with Crippen LogP contribution in [0.5, 0.6) is 5.75 Å². The molecular formula is C34H29N5O. The van der Waals surface area contributed by atoms with Gasteiger partial charge in [0.05, 0.1) is 27.9 Å². The molecule has 0 aliphatic carbocycles. The lowest BCUT2D eigenvalue weighted by Gasteiger charge is -2.19. The van der Waals surface area contributed by atoms with Crippen LogP contribution in [0.25, 0.3) is 65.9 Å². The molecule has 196 valence electrons. The van der Waals surface area contributed by atoms with Crippen molar-refractivity contribution in [2.75, 3.05) is 0 Å². The van der Waals surface area contributed by atoms with Gasteiger partial charge in [0.2, 0.25) is 0 Å². The number of imidazole rings is 2. The fraction of sp³-hybridized carbons (Fsp3) is 0.206. The molecule has 0 bridgehead atoms. The van der Waals surface area contributed by atoms with Gasteiger partial charge < -0.3 is 14.7 Å². The van der Waals surface area contributed by atoms with E-state index in [2.05, 4.69) is 92.3 Å². The number of H-pyrrole nitrogens is 2. The lowest BCUT2D eigenvalue weighted by atomic mass is 9.95. The van der Waals surface area contributed by atoms with E-state index in [0.29, 0.717) is 18.4 Å². The summed E-state index contributed by atoms with van der Waals surface area (Å²) in [5.41, 5.74) is 8.47. The van der Waals surface area contributed by atoms with Crippen LogP contribution in [0.3, 0.4) is 0 Å². The van der Waals surface area contributed by atoms with Crippen LogP contribution >= 0.6 is 0 Å². The summed E-state index contributed by atoms with van der Waals surface area (Å²) >= 11 is 0. The molecule has 8 rings (SSSR count). The molecule has 7 aromatic rings. The van der Waals surface area contributed by atoms with Crippen LogP contribution in [-0.2, 0) is 6.61 Å². The Kier molecular flexibility index (Phi) is 4.87. The number of aromatic nitrogens is 5. The lowest BCUT2D eigenvalue weighted by molar-refractivity contribution is 0.301. The predicted molar refractivity (Wildman–Crippen MR) is 162 cm³/mol. The van der Waals surface area contributed by atoms with E-state index in [9.17, 15) is 0 Å². The second kappa shape index (κ2) is 8.39. The standard InChI is InChI=1S/C34H29N5O/c1-17(2)33-36-27-16-40-32-22-10-7-19(14-21(22)9-12-25(32)29(27)37-33)20-8-11-23-26(15-20)28-24(6-5-13-35-28)31-30(23)38-34(39-31)18(3)4/h5-15,17-18H,16H2,1-4H3,(H,36,37)(H,38,39). The molecule has 4 aromatic carbocycles. The largest absolute Gasteiger partial charge is 0.486 e. The van der Waals surface area contributed by atoms with Crippen LogP contribution in [0.1, 0.15) is 56.9 Å². The minimum atomic E-state index is 0.317. The number of hydrogen-bond acceptors (Lipinski definition) is 4. The Labute approximate surface area is 231 Å². The maximum Gasteiger partial charge on any atom is 0.137 e. The first-order chi connectivity index (χ1) is 19.5. The predicted octanol–water partition coefficient (Wildman–Crippen LogP) is 8.61. The summed E-state index contributed by atoms with van der Waals surface area (Å²) in [6.45, 7) is 9.14. The number of aromatic amines is 2. The van der Waals surface area contributed by atoms with E-state index < -0.39 is 0 Å². The Balaban J connectivity index is 1.28. The zero-order chi connectivity index (χ0) is 27.1. The molecule has 0 atom stereocenters. The van der Waals surface area contributed by atoms with Gasteiger partial charge in [-0.25, -0.2) is 9.97 Å². The monoisotopic (exact) mass is 523 g/mol. The summed E-state index contributed by atoms with van der Waals surface area (Å²) in [6.07, 6.45) is 1.87. The Bertz CT molecular complexity index is 2130. The third kappa shape index (κ3) is 3.32. The molecular weight excluding hydrogens is 494 g/mol. The fourth-order valence-corrected chi connectivity index (χ4v) is 6.00. The van der Waals surface area contributed by atoms with Gasteiger partial charge in [0, 0.05) is 45.1 Å². The molecule has 0 saturated carbocycles. The topological polar surface area (TPSA) is 79.5 Å². The fourth-order valence-electron chi connectivity index (χ4n) is 6.00. The van der Waals surface area contributed by atoms with Gasteiger partial charge in [-0.3, -0.25) is 4.98 Å². The smallest absolute Gasteiger partial charge is 0.137 e. The number of nitrogens with one attached hydrogen (secondary N) is 2. The van der Waals surface area contributed by atoms with Crippen molar-refractivity contribution < 1.29 is 4.74 Å². The molecule has 0 unspecified atom stereocenters. The molecule has 6 nitrogen and oxygen atoms in total. The van der Waals surface area contributed by atoms with E-state index in [1.54, 1.807) is 0 Å². The van der Waals surface area contributed by atoms with Crippen LogP contribution in [0, 0.1) is 0 Å². The molecule has 2 N–H and O–H groups in total. The van der Waals surface area contributed by atoms with E-state index in [1.165, 1.54) is 0 Å². The highest BCUT2D eigenvalue weighted by molar-refractivity contribution is 6.22. The van der Waals surface area contributed by atoms with Crippen LogP contribution in [0.15, 0.2) is 66.9 Å². The molecule has 0 fully saturated rings. The first-order valence-electron chi connectivity index (χ1n) is 14.0. The molecule has 1 aliphatic heterocycles. The maximum atomic E-state index is 6.28. The van der Waals surface area contributed by atoms with Crippen molar-refractivity contribution in [2.24, 2.45) is 0 Å². The number of nitrogens with zero attached hydrogens (tertiary/aromatic N) is 3. The zero-order valence-corrected chi connectivity index (χ0v) is 23.0. The average Bonchev–Trinajstić information content (AvgIpc) is 3.63. The number of pyridine rings is 1. The molecule has 0 saturated heterocycles.